The van der Waals surface area contributed by atoms with Crippen molar-refractivity contribution in [3.05, 3.63) is 127 Å². The van der Waals surface area contributed by atoms with Crippen molar-refractivity contribution >= 4 is 51.8 Å². The van der Waals surface area contributed by atoms with Crippen LogP contribution in [0.1, 0.15) is 53.1 Å². The fourth-order valence-corrected chi connectivity index (χ4v) is 6.76. The van der Waals surface area contributed by atoms with Gasteiger partial charge in [-0.25, -0.2) is 0 Å². The maximum Gasteiger partial charge on any atom is 0.175 e. The van der Waals surface area contributed by atoms with E-state index in [4.69, 9.17) is 26.1 Å². The van der Waals surface area contributed by atoms with Crippen LogP contribution in [0.4, 0.5) is 11.4 Å². The number of ether oxygens (including phenoxy) is 2. The number of hydrogen-bond acceptors (Lipinski definition) is 4. The van der Waals surface area contributed by atoms with Gasteiger partial charge < -0.3 is 14.8 Å². The van der Waals surface area contributed by atoms with Crippen LogP contribution in [-0.2, 0) is 6.61 Å². The number of halogens is 2. The fraction of sp³-hybridized carbons (Fsp3) is 0.229. The maximum absolute atomic E-state index is 6.32. The molecule has 1 aliphatic heterocycles. The summed E-state index contributed by atoms with van der Waals surface area (Å²) in [5, 5.41) is 4.52. The second-order valence-electron chi connectivity index (χ2n) is 10.6. The monoisotopic (exact) mass is 674 g/mol. The smallest absolute Gasteiger partial charge is 0.175 e. The zero-order chi connectivity index (χ0) is 28.3. The van der Waals surface area contributed by atoms with E-state index < -0.39 is 0 Å². The second-order valence-corrected chi connectivity index (χ2v) is 12.1. The Morgan fingerprint density at radius 1 is 1.02 bits per heavy atom. The van der Waals surface area contributed by atoms with E-state index in [0.717, 1.165) is 26.8 Å². The van der Waals surface area contributed by atoms with Gasteiger partial charge >= 0.3 is 0 Å². The number of rotatable bonds is 8. The molecule has 6 heteroatoms. The van der Waals surface area contributed by atoms with E-state index in [9.17, 15) is 0 Å². The summed E-state index contributed by atoms with van der Waals surface area (Å²) in [7, 11) is 0. The molecule has 0 amide bonds. The summed E-state index contributed by atoms with van der Waals surface area (Å²) in [5.74, 6) is 2.40. The molecule has 0 unspecified atom stereocenters. The summed E-state index contributed by atoms with van der Waals surface area (Å²) in [5.41, 5.74) is 8.07. The molecule has 0 saturated carbocycles. The molecule has 1 aliphatic carbocycles. The number of aliphatic imine (C=N–C) groups is 1. The van der Waals surface area contributed by atoms with Gasteiger partial charge in [0.1, 0.15) is 6.61 Å². The van der Waals surface area contributed by atoms with Gasteiger partial charge in [0.25, 0.3) is 0 Å². The van der Waals surface area contributed by atoms with Gasteiger partial charge in [0.05, 0.1) is 21.9 Å². The predicted octanol–water partition coefficient (Wildman–Crippen LogP) is 9.81. The molecular formula is C35H32ClIN2O2. The van der Waals surface area contributed by atoms with E-state index >= 15 is 0 Å². The number of allylic oxidation sites excluding steroid dienone is 2. The normalized spacial score (nSPS) is 19.1. The van der Waals surface area contributed by atoms with E-state index in [0.29, 0.717) is 41.6 Å². The van der Waals surface area contributed by atoms with E-state index in [1.54, 1.807) is 0 Å². The molecule has 41 heavy (non-hydrogen) atoms. The Balaban J connectivity index is 1.18. The molecule has 6 rings (SSSR count). The first-order chi connectivity index (χ1) is 20.0. The lowest BCUT2D eigenvalue weighted by Gasteiger charge is -2.37. The topological polar surface area (TPSA) is 42.8 Å². The van der Waals surface area contributed by atoms with Crippen molar-refractivity contribution in [3.63, 3.8) is 0 Å². The maximum atomic E-state index is 6.32. The minimum atomic E-state index is 0.275. The molecular weight excluding hydrogens is 643 g/mol. The second kappa shape index (κ2) is 12.3. The van der Waals surface area contributed by atoms with Gasteiger partial charge in [0.15, 0.2) is 11.5 Å². The van der Waals surface area contributed by atoms with Gasteiger partial charge in [0, 0.05) is 28.4 Å². The average Bonchev–Trinajstić information content (AvgIpc) is 3.47. The van der Waals surface area contributed by atoms with Crippen LogP contribution in [0.15, 0.2) is 96.0 Å². The van der Waals surface area contributed by atoms with Crippen molar-refractivity contribution < 1.29 is 9.47 Å². The van der Waals surface area contributed by atoms with Gasteiger partial charge in [-0.05, 0) is 102 Å². The third-order valence-electron chi connectivity index (χ3n) is 7.79. The minimum Gasteiger partial charge on any atom is -0.490 e. The zero-order valence-corrected chi connectivity index (χ0v) is 26.0. The summed E-state index contributed by atoms with van der Waals surface area (Å²) in [6, 6.07) is 27.4. The lowest BCUT2D eigenvalue weighted by Crippen LogP contribution is -2.29. The van der Waals surface area contributed by atoms with Crippen LogP contribution in [-0.4, -0.2) is 12.8 Å². The molecule has 4 aromatic carbocycles. The van der Waals surface area contributed by atoms with Gasteiger partial charge in [0.2, 0.25) is 0 Å². The number of nitrogens with one attached hydrogen (secondary N) is 1. The van der Waals surface area contributed by atoms with Crippen LogP contribution in [0.5, 0.6) is 11.5 Å². The quantitative estimate of drug-likeness (QED) is 0.115. The number of nitrogens with zero attached hydrogens (tertiary/aromatic N) is 1. The molecule has 0 bridgehead atoms. The molecule has 3 atom stereocenters. The Hall–Kier alpha value is -3.29. The standard InChI is InChI=1S/C35H32ClIN2O2/c1-3-40-33-19-23(18-31(37)35(33)41-21-25-7-4-5-10-30(25)36)20-38-26-14-12-24(13-15-26)34-28-9-6-8-27(28)29-17-22(2)11-16-32(29)39-34/h4-8,10-20,27-28,34,39H,3,9,21H2,1-2H3/t27-,28-,34-/m0/s1. The molecule has 0 radical (unpaired) electrons. The van der Waals surface area contributed by atoms with Crippen molar-refractivity contribution in [1.82, 2.24) is 0 Å². The molecule has 1 N–H and O–H groups in total. The van der Waals surface area contributed by atoms with Crippen molar-refractivity contribution in [2.24, 2.45) is 10.9 Å². The van der Waals surface area contributed by atoms with Crippen molar-refractivity contribution in [1.29, 1.82) is 0 Å². The lowest BCUT2D eigenvalue weighted by atomic mass is 9.76. The third kappa shape index (κ3) is 6.02. The average molecular weight is 675 g/mol. The SMILES string of the molecule is CCOc1cc(C=Nc2ccc([C@@H]3Nc4ccc(C)cc4[C@H]4C=CC[C@@H]43)cc2)cc(I)c1OCc1ccccc1Cl. The van der Waals surface area contributed by atoms with Crippen molar-refractivity contribution in [2.45, 2.75) is 38.8 Å². The van der Waals surface area contributed by atoms with E-state index in [2.05, 4.69) is 95.5 Å². The molecule has 2 aliphatic rings. The molecule has 4 aromatic rings. The molecule has 0 aromatic heterocycles. The lowest BCUT2D eigenvalue weighted by molar-refractivity contribution is 0.267. The Labute approximate surface area is 260 Å². The van der Waals surface area contributed by atoms with Gasteiger partial charge in [-0.15, -0.1) is 0 Å². The first-order valence-corrected chi connectivity index (χ1v) is 15.5. The van der Waals surface area contributed by atoms with Crippen LogP contribution >= 0.6 is 34.2 Å². The highest BCUT2D eigenvalue weighted by atomic mass is 127. The Morgan fingerprint density at radius 2 is 1.85 bits per heavy atom. The predicted molar refractivity (Wildman–Crippen MR) is 177 cm³/mol. The molecule has 208 valence electrons. The molecule has 0 fully saturated rings. The highest BCUT2D eigenvalue weighted by Crippen LogP contribution is 2.50. The van der Waals surface area contributed by atoms with Gasteiger partial charge in [-0.3, -0.25) is 4.99 Å². The van der Waals surface area contributed by atoms with Gasteiger partial charge in [-0.2, -0.15) is 0 Å². The Bertz CT molecular complexity index is 1620. The first kappa shape index (κ1) is 27.9. The van der Waals surface area contributed by atoms with Crippen LogP contribution in [0, 0.1) is 16.4 Å². The zero-order valence-electron chi connectivity index (χ0n) is 23.1. The fourth-order valence-electron chi connectivity index (χ4n) is 5.79. The number of hydrogen-bond donors (Lipinski definition) is 1. The van der Waals surface area contributed by atoms with E-state index in [1.807, 2.05) is 43.5 Å². The number of anilines is 1. The molecule has 0 saturated heterocycles. The largest absolute Gasteiger partial charge is 0.490 e. The van der Waals surface area contributed by atoms with Crippen LogP contribution in [0.25, 0.3) is 0 Å². The van der Waals surface area contributed by atoms with Gasteiger partial charge in [-0.1, -0.05) is 71.8 Å². The van der Waals surface area contributed by atoms with Crippen LogP contribution in [0.2, 0.25) is 5.02 Å². The van der Waals surface area contributed by atoms with E-state index in [-0.39, 0.29) is 6.04 Å². The Morgan fingerprint density at radius 3 is 2.66 bits per heavy atom. The van der Waals surface area contributed by atoms with Crippen LogP contribution < -0.4 is 14.8 Å². The summed E-state index contributed by atoms with van der Waals surface area (Å²) in [6.45, 7) is 5.05. The summed E-state index contributed by atoms with van der Waals surface area (Å²) in [6.07, 6.45) is 7.70. The summed E-state index contributed by atoms with van der Waals surface area (Å²) < 4.78 is 13.1. The molecule has 4 nitrogen and oxygen atoms in total. The minimum absolute atomic E-state index is 0.275. The first-order valence-electron chi connectivity index (χ1n) is 14.0. The highest BCUT2D eigenvalue weighted by Gasteiger charge is 2.37. The molecule has 1 heterocycles. The van der Waals surface area contributed by atoms with Crippen LogP contribution in [0.3, 0.4) is 0 Å². The molecule has 0 spiro atoms. The summed E-state index contributed by atoms with van der Waals surface area (Å²) in [4.78, 5) is 4.78. The summed E-state index contributed by atoms with van der Waals surface area (Å²) >= 11 is 8.61. The van der Waals surface area contributed by atoms with E-state index in [1.165, 1.54) is 22.4 Å². The highest BCUT2D eigenvalue weighted by molar-refractivity contribution is 14.1. The van der Waals surface area contributed by atoms with Crippen molar-refractivity contribution in [2.75, 3.05) is 11.9 Å². The third-order valence-corrected chi connectivity index (χ3v) is 8.96. The number of benzene rings is 4. The number of aryl methyl sites for hydroxylation is 1. The Kier molecular flexibility index (Phi) is 8.35. The number of fused-ring (bicyclic) bond motifs is 3. The van der Waals surface area contributed by atoms with Crippen molar-refractivity contribution in [3.8, 4) is 11.5 Å².